The molecule has 1 atom stereocenters. The molecule has 2 aromatic heterocycles. The van der Waals surface area contributed by atoms with Gasteiger partial charge in [-0.25, -0.2) is 5.43 Å². The van der Waals surface area contributed by atoms with Crippen LogP contribution in [0, 0.1) is 18.3 Å². The number of carbonyl (C=O) groups excluding carboxylic acids is 1. The van der Waals surface area contributed by atoms with E-state index < -0.39 is 0 Å². The molecule has 1 N–H and O–H groups in total. The van der Waals surface area contributed by atoms with Gasteiger partial charge in [-0.3, -0.25) is 4.79 Å². The van der Waals surface area contributed by atoms with Gasteiger partial charge >= 0.3 is 0 Å². The standard InChI is InChI=1S/C19H24N2OS2/c1-12-7-8-23-17(12)10-20-21-18(22)15-11-24-16-9-13(19(2,3)4)5-6-14(15)16/h7-8,10-11,13H,5-6,9H2,1-4H3,(H,21,22)/b20-10+. The van der Waals surface area contributed by atoms with Gasteiger partial charge in [0.1, 0.15) is 0 Å². The van der Waals surface area contributed by atoms with E-state index in [2.05, 4.69) is 37.4 Å². The highest BCUT2D eigenvalue weighted by Crippen LogP contribution is 2.40. The summed E-state index contributed by atoms with van der Waals surface area (Å²) >= 11 is 3.35. The monoisotopic (exact) mass is 360 g/mol. The molecular weight excluding hydrogens is 336 g/mol. The maximum Gasteiger partial charge on any atom is 0.272 e. The van der Waals surface area contributed by atoms with Crippen LogP contribution >= 0.6 is 22.7 Å². The molecule has 3 nitrogen and oxygen atoms in total. The Bertz CT molecular complexity index is 765. The maximum absolute atomic E-state index is 12.5. The summed E-state index contributed by atoms with van der Waals surface area (Å²) in [5.41, 5.74) is 6.24. The Labute approximate surface area is 151 Å². The summed E-state index contributed by atoms with van der Waals surface area (Å²) < 4.78 is 0. The maximum atomic E-state index is 12.5. The minimum Gasteiger partial charge on any atom is -0.267 e. The summed E-state index contributed by atoms with van der Waals surface area (Å²) in [7, 11) is 0. The molecule has 2 heterocycles. The number of hydrogen-bond acceptors (Lipinski definition) is 4. The van der Waals surface area contributed by atoms with Gasteiger partial charge < -0.3 is 0 Å². The van der Waals surface area contributed by atoms with Crippen molar-refractivity contribution in [3.05, 3.63) is 43.3 Å². The number of rotatable bonds is 3. The summed E-state index contributed by atoms with van der Waals surface area (Å²) in [6, 6.07) is 2.05. The van der Waals surface area contributed by atoms with Crippen LogP contribution in [0.4, 0.5) is 0 Å². The predicted octanol–water partition coefficient (Wildman–Crippen LogP) is 5.03. The van der Waals surface area contributed by atoms with Crippen LogP contribution < -0.4 is 5.43 Å². The minimum atomic E-state index is -0.0906. The lowest BCUT2D eigenvalue weighted by atomic mass is 9.72. The van der Waals surface area contributed by atoms with E-state index in [1.165, 1.54) is 16.0 Å². The highest BCUT2D eigenvalue weighted by atomic mass is 32.1. The topological polar surface area (TPSA) is 41.5 Å². The first-order chi connectivity index (χ1) is 11.4. The smallest absolute Gasteiger partial charge is 0.267 e. The molecule has 0 saturated heterocycles. The molecule has 0 aliphatic heterocycles. The highest BCUT2D eigenvalue weighted by molar-refractivity contribution is 7.12. The number of aryl methyl sites for hydroxylation is 1. The van der Waals surface area contributed by atoms with Crippen molar-refractivity contribution in [3.63, 3.8) is 0 Å². The molecule has 5 heteroatoms. The first-order valence-electron chi connectivity index (χ1n) is 8.33. The molecule has 1 aliphatic rings. The second-order valence-electron chi connectivity index (χ2n) is 7.52. The molecule has 0 aromatic carbocycles. The zero-order valence-corrected chi connectivity index (χ0v) is 16.3. The van der Waals surface area contributed by atoms with Gasteiger partial charge in [0.15, 0.2) is 0 Å². The van der Waals surface area contributed by atoms with Gasteiger partial charge in [-0.05, 0) is 60.1 Å². The van der Waals surface area contributed by atoms with Crippen molar-refractivity contribution < 1.29 is 4.79 Å². The number of hydrazone groups is 1. The highest BCUT2D eigenvalue weighted by Gasteiger charge is 2.31. The fourth-order valence-corrected chi connectivity index (χ4v) is 5.12. The fourth-order valence-electron chi connectivity index (χ4n) is 3.17. The van der Waals surface area contributed by atoms with E-state index in [0.29, 0.717) is 11.3 Å². The number of nitrogens with zero attached hydrogens (tertiary/aromatic N) is 1. The Balaban J connectivity index is 1.68. The van der Waals surface area contributed by atoms with Gasteiger partial charge in [0.2, 0.25) is 0 Å². The zero-order valence-electron chi connectivity index (χ0n) is 14.7. The van der Waals surface area contributed by atoms with Crippen LogP contribution in [0.1, 0.15) is 58.4 Å². The summed E-state index contributed by atoms with van der Waals surface area (Å²) in [6.45, 7) is 8.97. The van der Waals surface area contributed by atoms with Gasteiger partial charge in [-0.2, -0.15) is 5.10 Å². The van der Waals surface area contributed by atoms with E-state index in [1.54, 1.807) is 28.9 Å². The lowest BCUT2D eigenvalue weighted by molar-refractivity contribution is 0.0954. The third kappa shape index (κ3) is 3.62. The molecule has 1 amide bonds. The van der Waals surface area contributed by atoms with Crippen molar-refractivity contribution in [2.45, 2.75) is 47.0 Å². The van der Waals surface area contributed by atoms with Crippen molar-refractivity contribution >= 4 is 34.8 Å². The molecule has 24 heavy (non-hydrogen) atoms. The van der Waals surface area contributed by atoms with Crippen molar-refractivity contribution in [1.29, 1.82) is 0 Å². The third-order valence-corrected chi connectivity index (χ3v) is 6.88. The van der Waals surface area contributed by atoms with Crippen LogP contribution in [0.15, 0.2) is 21.9 Å². The van der Waals surface area contributed by atoms with Crippen molar-refractivity contribution in [1.82, 2.24) is 5.43 Å². The second kappa shape index (κ2) is 6.81. The minimum absolute atomic E-state index is 0.0906. The molecule has 0 saturated carbocycles. The van der Waals surface area contributed by atoms with E-state index in [0.717, 1.165) is 29.7 Å². The Hall–Kier alpha value is -1.46. The predicted molar refractivity (Wildman–Crippen MR) is 103 cm³/mol. The van der Waals surface area contributed by atoms with Gasteiger partial charge in [-0.1, -0.05) is 20.8 Å². The molecule has 2 aromatic rings. The summed E-state index contributed by atoms with van der Waals surface area (Å²) in [5.74, 6) is 0.603. The Morgan fingerprint density at radius 3 is 2.83 bits per heavy atom. The first-order valence-corrected chi connectivity index (χ1v) is 10.1. The van der Waals surface area contributed by atoms with Gasteiger partial charge in [-0.15, -0.1) is 22.7 Å². The van der Waals surface area contributed by atoms with E-state index in [4.69, 9.17) is 0 Å². The quantitative estimate of drug-likeness (QED) is 0.605. The van der Waals surface area contributed by atoms with Crippen LogP contribution in [-0.2, 0) is 12.8 Å². The summed E-state index contributed by atoms with van der Waals surface area (Å²) in [6.07, 6.45) is 4.98. The molecule has 0 bridgehead atoms. The van der Waals surface area contributed by atoms with Crippen molar-refractivity contribution in [2.75, 3.05) is 0 Å². The SMILES string of the molecule is Cc1ccsc1/C=N/NC(=O)c1csc2c1CCC(C(C)(C)C)C2. The number of fused-ring (bicyclic) bond motifs is 1. The van der Waals surface area contributed by atoms with Crippen LogP contribution in [0.5, 0.6) is 0 Å². The van der Waals surface area contributed by atoms with Crippen molar-refractivity contribution in [2.24, 2.45) is 16.4 Å². The average Bonchev–Trinajstić information content (AvgIpc) is 3.12. The number of thiophene rings is 2. The molecule has 0 radical (unpaired) electrons. The first kappa shape index (κ1) is 17.4. The van der Waals surface area contributed by atoms with Gasteiger partial charge in [0.05, 0.1) is 11.8 Å². The Morgan fingerprint density at radius 2 is 2.17 bits per heavy atom. The van der Waals surface area contributed by atoms with E-state index in [1.807, 2.05) is 17.7 Å². The number of hydrogen-bond donors (Lipinski definition) is 1. The third-order valence-electron chi connectivity index (χ3n) is 4.87. The number of carbonyl (C=O) groups is 1. The normalized spacial score (nSPS) is 17.9. The summed E-state index contributed by atoms with van der Waals surface area (Å²) in [4.78, 5) is 14.9. The van der Waals surface area contributed by atoms with Crippen LogP contribution in [0.3, 0.4) is 0 Å². The van der Waals surface area contributed by atoms with E-state index in [-0.39, 0.29) is 5.91 Å². The van der Waals surface area contributed by atoms with Gasteiger partial charge in [0.25, 0.3) is 5.91 Å². The van der Waals surface area contributed by atoms with Crippen LogP contribution in [0.2, 0.25) is 0 Å². The van der Waals surface area contributed by atoms with E-state index >= 15 is 0 Å². The average molecular weight is 361 g/mol. The Kier molecular flexibility index (Phi) is 4.92. The second-order valence-corrected chi connectivity index (χ2v) is 9.44. The summed E-state index contributed by atoms with van der Waals surface area (Å²) in [5, 5.41) is 8.15. The fraction of sp³-hybridized carbons (Fsp3) is 0.474. The van der Waals surface area contributed by atoms with Crippen LogP contribution in [-0.4, -0.2) is 12.1 Å². The molecular formula is C19H24N2OS2. The molecule has 0 fully saturated rings. The van der Waals surface area contributed by atoms with E-state index in [9.17, 15) is 4.79 Å². The zero-order chi connectivity index (χ0) is 17.3. The lowest BCUT2D eigenvalue weighted by Gasteiger charge is -2.33. The number of nitrogens with one attached hydrogen (secondary N) is 1. The molecule has 1 unspecified atom stereocenters. The Morgan fingerprint density at radius 1 is 1.38 bits per heavy atom. The molecule has 128 valence electrons. The number of amides is 1. The van der Waals surface area contributed by atoms with Crippen LogP contribution in [0.25, 0.3) is 0 Å². The molecule has 0 spiro atoms. The molecule has 1 aliphatic carbocycles. The largest absolute Gasteiger partial charge is 0.272 e. The van der Waals surface area contributed by atoms with Gasteiger partial charge in [0, 0.05) is 15.1 Å². The van der Waals surface area contributed by atoms with Crippen molar-refractivity contribution in [3.8, 4) is 0 Å². The molecule has 3 rings (SSSR count). The lowest BCUT2D eigenvalue weighted by Crippen LogP contribution is -2.27.